The first-order valence-electron chi connectivity index (χ1n) is 6.01. The summed E-state index contributed by atoms with van der Waals surface area (Å²) in [6.45, 7) is 2.09. The van der Waals surface area contributed by atoms with E-state index in [2.05, 4.69) is 4.98 Å². The van der Waals surface area contributed by atoms with Gasteiger partial charge in [0, 0.05) is 17.6 Å². The van der Waals surface area contributed by atoms with Crippen LogP contribution in [0.25, 0.3) is 5.13 Å². The van der Waals surface area contributed by atoms with Crippen molar-refractivity contribution in [3.8, 4) is 10.9 Å². The summed E-state index contributed by atoms with van der Waals surface area (Å²) < 4.78 is 11.2. The molecule has 0 spiro atoms. The maximum Gasteiger partial charge on any atom is 0.311 e. The SMILES string of the molecule is CCOC(=O)Cc1csc(-n2ccc(OC)cc2=O)n1. The van der Waals surface area contributed by atoms with Gasteiger partial charge in [-0.05, 0) is 13.0 Å². The van der Waals surface area contributed by atoms with Crippen molar-refractivity contribution in [2.24, 2.45) is 0 Å². The first kappa shape index (κ1) is 14.3. The number of aromatic nitrogens is 2. The average molecular weight is 294 g/mol. The first-order chi connectivity index (χ1) is 9.63. The topological polar surface area (TPSA) is 70.4 Å². The Morgan fingerprint density at radius 1 is 1.50 bits per heavy atom. The fraction of sp³-hybridized carbons (Fsp3) is 0.308. The fourth-order valence-corrected chi connectivity index (χ4v) is 2.41. The first-order valence-corrected chi connectivity index (χ1v) is 6.89. The molecule has 0 radical (unpaired) electrons. The van der Waals surface area contributed by atoms with Gasteiger partial charge in [0.2, 0.25) is 0 Å². The molecule has 0 fully saturated rings. The Morgan fingerprint density at radius 2 is 2.30 bits per heavy atom. The Kier molecular flexibility index (Phi) is 4.52. The monoisotopic (exact) mass is 294 g/mol. The second kappa shape index (κ2) is 6.33. The van der Waals surface area contributed by atoms with Gasteiger partial charge >= 0.3 is 5.97 Å². The van der Waals surface area contributed by atoms with Crippen LogP contribution < -0.4 is 10.3 Å². The predicted molar refractivity (Wildman–Crippen MR) is 74.6 cm³/mol. The zero-order valence-electron chi connectivity index (χ0n) is 11.2. The third-order valence-corrected chi connectivity index (χ3v) is 3.39. The van der Waals surface area contributed by atoms with Gasteiger partial charge in [0.15, 0.2) is 5.13 Å². The van der Waals surface area contributed by atoms with Crippen LogP contribution in [0.4, 0.5) is 0 Å². The van der Waals surface area contributed by atoms with Gasteiger partial charge in [-0.15, -0.1) is 11.3 Å². The number of esters is 1. The number of hydrogen-bond donors (Lipinski definition) is 0. The highest BCUT2D eigenvalue weighted by Crippen LogP contribution is 2.15. The summed E-state index contributed by atoms with van der Waals surface area (Å²) in [6.07, 6.45) is 1.70. The van der Waals surface area contributed by atoms with Gasteiger partial charge in [0.1, 0.15) is 5.75 Å². The van der Waals surface area contributed by atoms with Crippen LogP contribution in [0.5, 0.6) is 5.75 Å². The van der Waals surface area contributed by atoms with Crippen LogP contribution in [-0.4, -0.2) is 29.2 Å². The smallest absolute Gasteiger partial charge is 0.311 e. The third-order valence-electron chi connectivity index (χ3n) is 2.50. The van der Waals surface area contributed by atoms with Crippen molar-refractivity contribution in [3.05, 3.63) is 39.8 Å². The molecule has 6 nitrogen and oxygen atoms in total. The van der Waals surface area contributed by atoms with E-state index in [0.29, 0.717) is 23.2 Å². The standard InChI is InChI=1S/C13H14N2O4S/c1-3-19-12(17)6-9-8-20-13(14-9)15-5-4-10(18-2)7-11(15)16/h4-5,7-8H,3,6H2,1-2H3. The Hall–Kier alpha value is -2.15. The van der Waals surface area contributed by atoms with Gasteiger partial charge in [-0.25, -0.2) is 4.98 Å². The molecule has 0 saturated carbocycles. The van der Waals surface area contributed by atoms with Crippen LogP contribution in [0.2, 0.25) is 0 Å². The minimum Gasteiger partial charge on any atom is -0.497 e. The molecule has 2 heterocycles. The molecule has 2 aromatic heterocycles. The van der Waals surface area contributed by atoms with E-state index in [9.17, 15) is 9.59 Å². The number of carbonyl (C=O) groups is 1. The lowest BCUT2D eigenvalue weighted by Crippen LogP contribution is -2.16. The molecule has 0 atom stereocenters. The van der Waals surface area contributed by atoms with Crippen molar-refractivity contribution in [1.29, 1.82) is 0 Å². The van der Waals surface area contributed by atoms with Crippen molar-refractivity contribution < 1.29 is 14.3 Å². The highest BCUT2D eigenvalue weighted by Gasteiger charge is 2.10. The summed E-state index contributed by atoms with van der Waals surface area (Å²) >= 11 is 1.29. The van der Waals surface area contributed by atoms with Gasteiger partial charge in [0.25, 0.3) is 5.56 Å². The summed E-state index contributed by atoms with van der Waals surface area (Å²) in [5.41, 5.74) is 0.354. The number of ether oxygens (including phenoxy) is 2. The van der Waals surface area contributed by atoms with Crippen LogP contribution in [-0.2, 0) is 16.0 Å². The van der Waals surface area contributed by atoms with Crippen molar-refractivity contribution in [3.63, 3.8) is 0 Å². The number of thiazole rings is 1. The van der Waals surface area contributed by atoms with E-state index in [4.69, 9.17) is 9.47 Å². The molecule has 0 aliphatic rings. The van der Waals surface area contributed by atoms with Gasteiger partial charge in [-0.3, -0.25) is 14.2 Å². The largest absolute Gasteiger partial charge is 0.497 e. The summed E-state index contributed by atoms with van der Waals surface area (Å²) in [6, 6.07) is 3.06. The molecule has 0 amide bonds. The predicted octanol–water partition coefficient (Wildman–Crippen LogP) is 1.41. The van der Waals surface area contributed by atoms with Crippen molar-refractivity contribution in [2.75, 3.05) is 13.7 Å². The zero-order chi connectivity index (χ0) is 14.5. The molecule has 106 valence electrons. The molecule has 0 bridgehead atoms. The quantitative estimate of drug-likeness (QED) is 0.780. The van der Waals surface area contributed by atoms with Crippen LogP contribution >= 0.6 is 11.3 Å². The lowest BCUT2D eigenvalue weighted by Gasteiger charge is -2.02. The number of hydrogen-bond acceptors (Lipinski definition) is 6. The number of methoxy groups -OCH3 is 1. The van der Waals surface area contributed by atoms with Crippen LogP contribution in [0.3, 0.4) is 0 Å². The number of rotatable bonds is 5. The van der Waals surface area contributed by atoms with E-state index in [1.54, 1.807) is 24.6 Å². The van der Waals surface area contributed by atoms with E-state index in [0.717, 1.165) is 0 Å². The summed E-state index contributed by atoms with van der Waals surface area (Å²) in [7, 11) is 1.50. The molecular formula is C13H14N2O4S. The van der Waals surface area contributed by atoms with E-state index >= 15 is 0 Å². The van der Waals surface area contributed by atoms with Crippen molar-refractivity contribution in [2.45, 2.75) is 13.3 Å². The summed E-state index contributed by atoms with van der Waals surface area (Å²) in [5, 5.41) is 2.25. The van der Waals surface area contributed by atoms with Crippen LogP contribution in [0, 0.1) is 0 Å². The van der Waals surface area contributed by atoms with E-state index < -0.39 is 0 Å². The molecule has 2 aromatic rings. The van der Waals surface area contributed by atoms with E-state index in [1.807, 2.05) is 0 Å². The molecule has 0 aliphatic heterocycles. The Balaban J connectivity index is 2.20. The second-order valence-corrected chi connectivity index (χ2v) is 4.71. The molecule has 0 saturated heterocycles. The minimum absolute atomic E-state index is 0.106. The number of carbonyl (C=O) groups excluding carboxylic acids is 1. The maximum atomic E-state index is 11.9. The highest BCUT2D eigenvalue weighted by molar-refractivity contribution is 7.12. The summed E-state index contributed by atoms with van der Waals surface area (Å²) in [5.74, 6) is 0.168. The Morgan fingerprint density at radius 3 is 2.95 bits per heavy atom. The lowest BCUT2D eigenvalue weighted by atomic mass is 10.3. The molecule has 0 N–H and O–H groups in total. The van der Waals surface area contributed by atoms with Crippen molar-refractivity contribution >= 4 is 17.3 Å². The van der Waals surface area contributed by atoms with E-state index in [-0.39, 0.29) is 17.9 Å². The van der Waals surface area contributed by atoms with Crippen LogP contribution in [0.1, 0.15) is 12.6 Å². The second-order valence-electron chi connectivity index (χ2n) is 3.88. The minimum atomic E-state index is -0.327. The lowest BCUT2D eigenvalue weighted by molar-refractivity contribution is -0.142. The molecule has 2 rings (SSSR count). The normalized spacial score (nSPS) is 10.3. The fourth-order valence-electron chi connectivity index (χ4n) is 1.59. The third kappa shape index (κ3) is 3.24. The van der Waals surface area contributed by atoms with E-state index in [1.165, 1.54) is 29.1 Å². The number of nitrogens with zero attached hydrogens (tertiary/aromatic N) is 2. The molecular weight excluding hydrogens is 280 g/mol. The Labute approximate surface area is 119 Å². The molecule has 7 heteroatoms. The van der Waals surface area contributed by atoms with Gasteiger partial charge < -0.3 is 9.47 Å². The van der Waals surface area contributed by atoms with Gasteiger partial charge in [-0.1, -0.05) is 0 Å². The molecule has 0 aromatic carbocycles. The Bertz CT molecular complexity index is 662. The average Bonchev–Trinajstić information content (AvgIpc) is 2.86. The molecule has 0 unspecified atom stereocenters. The van der Waals surface area contributed by atoms with Crippen LogP contribution in [0.15, 0.2) is 28.5 Å². The van der Waals surface area contributed by atoms with Gasteiger partial charge in [0.05, 0.1) is 25.8 Å². The van der Waals surface area contributed by atoms with Gasteiger partial charge in [-0.2, -0.15) is 0 Å². The highest BCUT2D eigenvalue weighted by atomic mass is 32.1. The molecule has 0 aliphatic carbocycles. The number of pyridine rings is 1. The summed E-state index contributed by atoms with van der Waals surface area (Å²) in [4.78, 5) is 27.5. The molecule has 20 heavy (non-hydrogen) atoms. The maximum absolute atomic E-state index is 11.9. The van der Waals surface area contributed by atoms with Crippen molar-refractivity contribution in [1.82, 2.24) is 9.55 Å². The zero-order valence-corrected chi connectivity index (χ0v) is 12.0.